The number of nitrogens with one attached hydrogen (secondary N) is 1. The summed E-state index contributed by atoms with van der Waals surface area (Å²) in [5, 5.41) is 0.610. The zero-order chi connectivity index (χ0) is 18.0. The van der Waals surface area contributed by atoms with Crippen LogP contribution in [0.4, 0.5) is 5.69 Å². The molecule has 130 valence electrons. The number of esters is 1. The third kappa shape index (κ3) is 3.31. The fourth-order valence-corrected chi connectivity index (χ4v) is 2.96. The number of nitrogens with zero attached hydrogens (tertiary/aromatic N) is 3. The Hall–Kier alpha value is -2.58. The van der Waals surface area contributed by atoms with Gasteiger partial charge in [-0.25, -0.2) is 14.8 Å². The monoisotopic (exact) mass is 358 g/mol. The Labute approximate surface area is 148 Å². The highest BCUT2D eigenvalue weighted by molar-refractivity contribution is 7.92. The van der Waals surface area contributed by atoms with Crippen LogP contribution in [0.2, 0.25) is 0 Å². The number of hydrogen-bond donors (Lipinski definition) is 1. The van der Waals surface area contributed by atoms with Gasteiger partial charge in [0.05, 0.1) is 47.3 Å². The van der Waals surface area contributed by atoms with Crippen molar-refractivity contribution < 1.29 is 14.1 Å². The van der Waals surface area contributed by atoms with Crippen LogP contribution in [0.3, 0.4) is 0 Å². The number of aromatic nitrogens is 3. The number of carbonyl (C=O) groups is 1. The first kappa shape index (κ1) is 17.2. The van der Waals surface area contributed by atoms with Gasteiger partial charge in [0.1, 0.15) is 18.2 Å². The maximum atomic E-state index is 12.2. The maximum absolute atomic E-state index is 12.2. The van der Waals surface area contributed by atoms with E-state index in [0.29, 0.717) is 22.3 Å². The van der Waals surface area contributed by atoms with Gasteiger partial charge in [0.2, 0.25) is 0 Å². The molecule has 1 aromatic carbocycles. The summed E-state index contributed by atoms with van der Waals surface area (Å²) in [7, 11) is 1.76. The number of rotatable bonds is 5. The topological polar surface area (TPSA) is 94.2 Å². The second kappa shape index (κ2) is 7.12. The van der Waals surface area contributed by atoms with Gasteiger partial charge in [0.25, 0.3) is 0 Å². The van der Waals surface area contributed by atoms with Crippen molar-refractivity contribution in [2.45, 2.75) is 6.92 Å². The van der Waals surface area contributed by atoms with Crippen LogP contribution in [0.25, 0.3) is 22.3 Å². The van der Waals surface area contributed by atoms with Crippen LogP contribution in [-0.2, 0) is 16.1 Å². The molecule has 0 aliphatic carbocycles. The quantitative estimate of drug-likeness (QED) is 0.556. The van der Waals surface area contributed by atoms with E-state index < -0.39 is 17.3 Å². The van der Waals surface area contributed by atoms with Crippen molar-refractivity contribution in [1.82, 2.24) is 15.0 Å². The molecule has 1 unspecified atom stereocenters. The molecule has 0 amide bonds. The lowest BCUT2D eigenvalue weighted by Crippen LogP contribution is -2.24. The molecule has 2 aromatic heterocycles. The van der Waals surface area contributed by atoms with Crippen LogP contribution in [-0.4, -0.2) is 45.4 Å². The Balaban J connectivity index is 2.14. The predicted octanol–water partition coefficient (Wildman–Crippen LogP) is 2.53. The Kier molecular flexibility index (Phi) is 4.91. The van der Waals surface area contributed by atoms with Crippen molar-refractivity contribution in [3.8, 4) is 11.3 Å². The van der Waals surface area contributed by atoms with Crippen LogP contribution in [0.1, 0.15) is 17.3 Å². The standard InChI is InChI=1S/C17H18N4O3S/c1-4-24-17(22)13-9-18-16-14(13)15(19-10-20-16)11-6-5-7-12(8-11)21(2)25(3)23/h5-10H,4H2,1-3H3,(H,18,19,20). The highest BCUT2D eigenvalue weighted by Gasteiger charge is 2.19. The molecule has 25 heavy (non-hydrogen) atoms. The Morgan fingerprint density at radius 2 is 2.20 bits per heavy atom. The Morgan fingerprint density at radius 1 is 1.40 bits per heavy atom. The fourth-order valence-electron chi connectivity index (χ4n) is 2.55. The lowest BCUT2D eigenvalue weighted by molar-refractivity contribution is 0.0528. The van der Waals surface area contributed by atoms with Gasteiger partial charge >= 0.3 is 5.97 Å². The molecule has 1 N–H and O–H groups in total. The highest BCUT2D eigenvalue weighted by Crippen LogP contribution is 2.31. The van der Waals surface area contributed by atoms with Gasteiger partial charge < -0.3 is 14.3 Å². The van der Waals surface area contributed by atoms with Gasteiger partial charge in [-0.1, -0.05) is 12.1 Å². The van der Waals surface area contributed by atoms with Gasteiger partial charge in [0.15, 0.2) is 0 Å². The lowest BCUT2D eigenvalue weighted by atomic mass is 10.1. The number of H-pyrrole nitrogens is 1. The van der Waals surface area contributed by atoms with Gasteiger partial charge in [-0.2, -0.15) is 4.31 Å². The summed E-state index contributed by atoms with van der Waals surface area (Å²) in [6, 6.07) is 7.50. The molecule has 8 heteroatoms. The van der Waals surface area contributed by atoms with Crippen LogP contribution in [0.5, 0.6) is 0 Å². The smallest absolute Gasteiger partial charge is 0.340 e. The number of carbonyl (C=O) groups excluding carboxylic acids is 1. The number of aromatic amines is 1. The van der Waals surface area contributed by atoms with E-state index in [2.05, 4.69) is 15.0 Å². The van der Waals surface area contributed by atoms with Crippen molar-refractivity contribution in [3.63, 3.8) is 0 Å². The van der Waals surface area contributed by atoms with Crippen molar-refractivity contribution in [3.05, 3.63) is 42.4 Å². The molecule has 0 saturated carbocycles. The minimum absolute atomic E-state index is 0.289. The van der Waals surface area contributed by atoms with E-state index in [1.54, 1.807) is 30.7 Å². The van der Waals surface area contributed by atoms with Crippen molar-refractivity contribution in [2.75, 3.05) is 24.2 Å². The molecule has 2 heterocycles. The molecular formula is C17H18N4O3S. The van der Waals surface area contributed by atoms with E-state index in [9.17, 15) is 9.35 Å². The highest BCUT2D eigenvalue weighted by atomic mass is 32.2. The van der Waals surface area contributed by atoms with Gasteiger partial charge in [0, 0.05) is 11.8 Å². The number of ether oxygens (including phenoxy) is 1. The molecule has 0 spiro atoms. The molecule has 0 fully saturated rings. The van der Waals surface area contributed by atoms with Gasteiger partial charge in [-0.3, -0.25) is 0 Å². The minimum atomic E-state index is -1.14. The maximum Gasteiger partial charge on any atom is 0.340 e. The van der Waals surface area contributed by atoms with Crippen molar-refractivity contribution in [1.29, 1.82) is 0 Å². The van der Waals surface area contributed by atoms with Gasteiger partial charge in [-0.15, -0.1) is 0 Å². The first-order valence-corrected chi connectivity index (χ1v) is 9.21. The van der Waals surface area contributed by atoms with E-state index in [1.807, 2.05) is 24.3 Å². The summed E-state index contributed by atoms with van der Waals surface area (Å²) in [5.41, 5.74) is 3.16. The molecule has 7 nitrogen and oxygen atoms in total. The third-order valence-corrected chi connectivity index (χ3v) is 4.82. The Morgan fingerprint density at radius 3 is 2.92 bits per heavy atom. The number of anilines is 1. The number of benzene rings is 1. The van der Waals surface area contributed by atoms with Crippen LogP contribution < -0.4 is 4.31 Å². The van der Waals surface area contributed by atoms with Crippen molar-refractivity contribution in [2.24, 2.45) is 0 Å². The van der Waals surface area contributed by atoms with Gasteiger partial charge in [-0.05, 0) is 19.1 Å². The largest absolute Gasteiger partial charge is 0.593 e. The summed E-state index contributed by atoms with van der Waals surface area (Å²) < 4.78 is 18.5. The zero-order valence-electron chi connectivity index (χ0n) is 14.1. The molecule has 0 bridgehead atoms. The lowest BCUT2D eigenvalue weighted by Gasteiger charge is -2.19. The van der Waals surface area contributed by atoms with Crippen LogP contribution >= 0.6 is 0 Å². The van der Waals surface area contributed by atoms with E-state index >= 15 is 0 Å². The summed E-state index contributed by atoms with van der Waals surface area (Å²) in [5.74, 6) is -0.423. The molecule has 3 aromatic rings. The zero-order valence-corrected chi connectivity index (χ0v) is 15.0. The van der Waals surface area contributed by atoms with E-state index in [4.69, 9.17) is 4.74 Å². The normalized spacial score (nSPS) is 12.2. The molecule has 0 aliphatic heterocycles. The van der Waals surface area contributed by atoms with Crippen LogP contribution in [0.15, 0.2) is 36.8 Å². The third-order valence-electron chi connectivity index (χ3n) is 3.83. The summed E-state index contributed by atoms with van der Waals surface area (Å²) in [4.78, 5) is 23.8. The molecule has 3 rings (SSSR count). The van der Waals surface area contributed by atoms with Crippen LogP contribution in [0, 0.1) is 0 Å². The fraction of sp³-hybridized carbons (Fsp3) is 0.235. The first-order valence-electron chi connectivity index (χ1n) is 7.69. The average molecular weight is 358 g/mol. The van der Waals surface area contributed by atoms with E-state index in [-0.39, 0.29) is 6.61 Å². The van der Waals surface area contributed by atoms with Crippen molar-refractivity contribution >= 4 is 34.1 Å². The average Bonchev–Trinajstić information content (AvgIpc) is 3.05. The molecule has 0 radical (unpaired) electrons. The summed E-state index contributed by atoms with van der Waals surface area (Å²) in [6.45, 7) is 2.05. The first-order chi connectivity index (χ1) is 12.0. The second-order valence-electron chi connectivity index (χ2n) is 5.34. The SMILES string of the molecule is CCOC(=O)c1c[nH]c2ncnc(-c3cccc(N(C)[S+](C)[O-])c3)c12. The number of hydrogen-bond acceptors (Lipinski definition) is 6. The van der Waals surface area contributed by atoms with E-state index in [1.165, 1.54) is 6.33 Å². The van der Waals surface area contributed by atoms with E-state index in [0.717, 1.165) is 11.3 Å². The second-order valence-corrected chi connectivity index (χ2v) is 6.74. The molecule has 1 atom stereocenters. The molecule has 0 saturated heterocycles. The Bertz CT molecular complexity index is 910. The summed E-state index contributed by atoms with van der Waals surface area (Å²) >= 11 is -1.14. The molecular weight excluding hydrogens is 340 g/mol. The minimum Gasteiger partial charge on any atom is -0.593 e. The number of fused-ring (bicyclic) bond motifs is 1. The predicted molar refractivity (Wildman–Crippen MR) is 97.8 cm³/mol. The molecule has 0 aliphatic rings. The summed E-state index contributed by atoms with van der Waals surface area (Å²) in [6.07, 6.45) is 4.63.